The van der Waals surface area contributed by atoms with E-state index in [1.807, 2.05) is 80.6 Å². The van der Waals surface area contributed by atoms with E-state index >= 15 is 0 Å². The van der Waals surface area contributed by atoms with Crippen LogP contribution in [0.3, 0.4) is 0 Å². The maximum absolute atomic E-state index is 14.3. The van der Waals surface area contributed by atoms with Crippen LogP contribution < -0.4 is 0 Å². The van der Waals surface area contributed by atoms with Gasteiger partial charge in [-0.3, -0.25) is 9.59 Å². The van der Waals surface area contributed by atoms with Crippen LogP contribution in [0.1, 0.15) is 54.8 Å². The maximum atomic E-state index is 14.3. The zero-order chi connectivity index (χ0) is 30.4. The summed E-state index contributed by atoms with van der Waals surface area (Å²) < 4.78 is 10.8. The van der Waals surface area contributed by atoms with E-state index in [2.05, 4.69) is 0 Å². The molecule has 2 heterocycles. The van der Waals surface area contributed by atoms with E-state index in [4.69, 9.17) is 9.47 Å². The summed E-state index contributed by atoms with van der Waals surface area (Å²) in [6.07, 6.45) is 1.24. The molecule has 2 aliphatic heterocycles. The predicted molar refractivity (Wildman–Crippen MR) is 163 cm³/mol. The van der Waals surface area contributed by atoms with Crippen LogP contribution >= 0.6 is 11.8 Å². The zero-order valence-electron chi connectivity index (χ0n) is 24.3. The van der Waals surface area contributed by atoms with Gasteiger partial charge in [0.1, 0.15) is 6.04 Å². The molecule has 3 aromatic rings. The summed E-state index contributed by atoms with van der Waals surface area (Å²) in [4.78, 5) is 57.1. The lowest BCUT2D eigenvalue weighted by atomic mass is 9.64. The Balaban J connectivity index is 1.33. The summed E-state index contributed by atoms with van der Waals surface area (Å²) in [6.45, 7) is 5.70. The number of thioether (sulfide) groups is 1. The lowest BCUT2D eigenvalue weighted by Gasteiger charge is -2.54. The minimum absolute atomic E-state index is 0.151. The molecular weight excluding hydrogens is 562 g/mol. The van der Waals surface area contributed by atoms with Gasteiger partial charge in [-0.25, -0.2) is 9.59 Å². The highest BCUT2D eigenvalue weighted by Gasteiger charge is 2.76. The Morgan fingerprint density at radius 2 is 1.47 bits per heavy atom. The molecule has 0 N–H and O–H groups in total. The number of fused-ring (bicyclic) bond motifs is 2. The van der Waals surface area contributed by atoms with Gasteiger partial charge in [0.05, 0.1) is 23.3 Å². The van der Waals surface area contributed by atoms with Gasteiger partial charge in [-0.05, 0) is 38.3 Å². The number of hydrogen-bond acceptors (Lipinski definition) is 7. The summed E-state index contributed by atoms with van der Waals surface area (Å²) >= 11 is 1.48. The van der Waals surface area contributed by atoms with Crippen molar-refractivity contribution < 1.29 is 28.7 Å². The Hall–Kier alpha value is -4.17. The number of hydrogen-bond donors (Lipinski definition) is 0. The highest BCUT2D eigenvalue weighted by atomic mass is 32.2. The SMILES string of the molecule is CCOC(=O)C1=CCC2(C(=O)N3[C@@H](C(=O)OC(c4ccccc4)c4ccccc4)C(C)(C)S[C@@H]32)C1C(=O)c1ccccc1. The van der Waals surface area contributed by atoms with Gasteiger partial charge in [0, 0.05) is 15.9 Å². The number of allylic oxidation sites excluding steroid dienone is 1. The number of Topliss-reactive ketones (excluding diaryl/α,β-unsaturated/α-hetero) is 1. The van der Waals surface area contributed by atoms with Crippen molar-refractivity contribution in [3.8, 4) is 0 Å². The second-order valence-electron chi connectivity index (χ2n) is 11.6. The molecule has 3 aromatic carbocycles. The molecule has 1 amide bonds. The van der Waals surface area contributed by atoms with E-state index in [0.29, 0.717) is 5.56 Å². The lowest BCUT2D eigenvalue weighted by Crippen LogP contribution is -2.71. The quantitative estimate of drug-likeness (QED) is 0.186. The van der Waals surface area contributed by atoms with Crippen LogP contribution in [0.2, 0.25) is 0 Å². The molecule has 2 fully saturated rings. The monoisotopic (exact) mass is 595 g/mol. The number of β-lactam (4-membered cyclic amide) rings is 1. The molecule has 3 aliphatic rings. The normalized spacial score (nSPS) is 25.2. The van der Waals surface area contributed by atoms with Crippen molar-refractivity contribution in [2.45, 2.75) is 49.5 Å². The van der Waals surface area contributed by atoms with E-state index in [1.165, 1.54) is 11.8 Å². The third-order valence-electron chi connectivity index (χ3n) is 8.66. The van der Waals surface area contributed by atoms with E-state index in [9.17, 15) is 19.2 Å². The number of ketones is 1. The Morgan fingerprint density at radius 1 is 0.907 bits per heavy atom. The first-order chi connectivity index (χ1) is 20.7. The van der Waals surface area contributed by atoms with Crippen molar-refractivity contribution in [2.75, 3.05) is 6.61 Å². The highest BCUT2D eigenvalue weighted by Crippen LogP contribution is 2.66. The molecule has 0 radical (unpaired) electrons. The molecule has 4 atom stereocenters. The van der Waals surface area contributed by atoms with Crippen LogP contribution in [0.4, 0.5) is 0 Å². The molecule has 1 aliphatic carbocycles. The zero-order valence-corrected chi connectivity index (χ0v) is 25.1. The molecule has 2 saturated heterocycles. The fourth-order valence-electron chi connectivity index (χ4n) is 6.70. The number of ether oxygens (including phenoxy) is 2. The summed E-state index contributed by atoms with van der Waals surface area (Å²) in [6, 6.07) is 26.8. The van der Waals surface area contributed by atoms with Crippen molar-refractivity contribution in [2.24, 2.45) is 11.3 Å². The highest BCUT2D eigenvalue weighted by molar-refractivity contribution is 8.01. The molecule has 43 heavy (non-hydrogen) atoms. The predicted octanol–water partition coefficient (Wildman–Crippen LogP) is 5.76. The second kappa shape index (κ2) is 11.2. The number of esters is 2. The van der Waals surface area contributed by atoms with E-state index in [-0.39, 0.29) is 30.3 Å². The molecule has 6 rings (SSSR count). The first-order valence-electron chi connectivity index (χ1n) is 14.5. The topological polar surface area (TPSA) is 90.0 Å². The first-order valence-corrected chi connectivity index (χ1v) is 15.4. The third-order valence-corrected chi connectivity index (χ3v) is 10.4. The van der Waals surface area contributed by atoms with Crippen molar-refractivity contribution >= 4 is 35.4 Å². The third kappa shape index (κ3) is 4.68. The largest absolute Gasteiger partial charge is 0.463 e. The summed E-state index contributed by atoms with van der Waals surface area (Å²) in [5.74, 6) is -2.74. The Kier molecular flexibility index (Phi) is 7.50. The summed E-state index contributed by atoms with van der Waals surface area (Å²) in [7, 11) is 0. The number of rotatable bonds is 8. The van der Waals surface area contributed by atoms with Crippen LogP contribution in [0.25, 0.3) is 0 Å². The summed E-state index contributed by atoms with van der Waals surface area (Å²) in [5.41, 5.74) is 1.08. The van der Waals surface area contributed by atoms with Gasteiger partial charge in [0.25, 0.3) is 0 Å². The van der Waals surface area contributed by atoms with Crippen LogP contribution in [-0.4, -0.2) is 51.3 Å². The Morgan fingerprint density at radius 3 is 2.02 bits per heavy atom. The first kappa shape index (κ1) is 28.9. The van der Waals surface area contributed by atoms with E-state index in [1.54, 1.807) is 42.2 Å². The van der Waals surface area contributed by atoms with Gasteiger partial charge >= 0.3 is 11.9 Å². The lowest BCUT2D eigenvalue weighted by molar-refractivity contribution is -0.179. The molecule has 7 nitrogen and oxygen atoms in total. The van der Waals surface area contributed by atoms with Crippen LogP contribution in [0, 0.1) is 11.3 Å². The molecular formula is C35H33NO6S. The van der Waals surface area contributed by atoms with Gasteiger partial charge < -0.3 is 14.4 Å². The van der Waals surface area contributed by atoms with Gasteiger partial charge in [-0.2, -0.15) is 0 Å². The average Bonchev–Trinajstić information content (AvgIpc) is 3.56. The van der Waals surface area contributed by atoms with E-state index < -0.39 is 45.5 Å². The molecule has 0 bridgehead atoms. The summed E-state index contributed by atoms with van der Waals surface area (Å²) in [5, 5.41) is -0.500. The van der Waals surface area contributed by atoms with Crippen molar-refractivity contribution in [3.05, 3.63) is 119 Å². The number of amides is 1. The maximum Gasteiger partial charge on any atom is 0.334 e. The minimum atomic E-state index is -1.19. The van der Waals surface area contributed by atoms with Crippen LogP contribution in [0.15, 0.2) is 103 Å². The minimum Gasteiger partial charge on any atom is -0.463 e. The molecule has 0 aromatic heterocycles. The van der Waals surface area contributed by atoms with Gasteiger partial charge in [0.15, 0.2) is 11.9 Å². The van der Waals surface area contributed by atoms with Gasteiger partial charge in [0.2, 0.25) is 5.91 Å². The Labute approximate surface area is 255 Å². The fraction of sp³-hybridized carbons (Fsp3) is 0.314. The number of nitrogens with zero attached hydrogens (tertiary/aromatic N) is 1. The smallest absolute Gasteiger partial charge is 0.334 e. The van der Waals surface area contributed by atoms with E-state index in [0.717, 1.165) is 11.1 Å². The van der Waals surface area contributed by atoms with Crippen LogP contribution in [0.5, 0.6) is 0 Å². The number of carbonyl (C=O) groups excluding carboxylic acids is 4. The van der Waals surface area contributed by atoms with Gasteiger partial charge in [-0.15, -0.1) is 11.8 Å². The fourth-order valence-corrected chi connectivity index (χ4v) is 8.49. The molecule has 0 saturated carbocycles. The Bertz CT molecular complexity index is 1550. The van der Waals surface area contributed by atoms with Crippen molar-refractivity contribution in [1.82, 2.24) is 4.90 Å². The second-order valence-corrected chi connectivity index (χ2v) is 13.3. The van der Waals surface area contributed by atoms with Crippen molar-refractivity contribution in [1.29, 1.82) is 0 Å². The molecule has 220 valence electrons. The average molecular weight is 596 g/mol. The van der Waals surface area contributed by atoms with Crippen molar-refractivity contribution in [3.63, 3.8) is 0 Å². The number of carbonyl (C=O) groups is 4. The number of benzene rings is 3. The standard InChI is InChI=1S/C35H33NO6S/c1-4-41-30(38)25-20-21-35(26(25)27(37)22-14-8-5-9-15-22)32(40)36-29(34(2,3)43-33(35)36)31(39)42-28(23-16-10-6-11-17-23)24-18-12-7-13-19-24/h5-20,26,28-29,33H,4,21H2,1-3H3/t26?,29-,33+,35?/m0/s1. The molecule has 2 unspecified atom stereocenters. The van der Waals surface area contributed by atoms with Gasteiger partial charge in [-0.1, -0.05) is 97.1 Å². The molecule has 1 spiro atoms. The molecule has 8 heteroatoms. The van der Waals surface area contributed by atoms with Crippen LogP contribution in [-0.2, 0) is 23.9 Å².